The first-order valence-electron chi connectivity index (χ1n) is 7.43. The Bertz CT molecular complexity index is 488. The SMILES string of the molecule is COc1ccc(OCC(=O)N2C3CCC2CC(O)C3)cc1. The summed E-state index contributed by atoms with van der Waals surface area (Å²) in [5.74, 6) is 1.44. The second-order valence-electron chi connectivity index (χ2n) is 5.78. The number of nitrogens with zero attached hydrogens (tertiary/aromatic N) is 1. The number of aliphatic hydroxyl groups excluding tert-OH is 1. The van der Waals surface area contributed by atoms with E-state index in [1.165, 1.54) is 0 Å². The van der Waals surface area contributed by atoms with Gasteiger partial charge in [-0.25, -0.2) is 0 Å². The summed E-state index contributed by atoms with van der Waals surface area (Å²) >= 11 is 0. The van der Waals surface area contributed by atoms with Crippen molar-refractivity contribution in [2.45, 2.75) is 43.9 Å². The Morgan fingerprint density at radius 1 is 1.19 bits per heavy atom. The molecule has 114 valence electrons. The molecule has 2 fully saturated rings. The molecule has 2 aliphatic heterocycles. The summed E-state index contributed by atoms with van der Waals surface area (Å²) < 4.78 is 10.6. The minimum Gasteiger partial charge on any atom is -0.497 e. The smallest absolute Gasteiger partial charge is 0.261 e. The number of fused-ring (bicyclic) bond motifs is 2. The molecular weight excluding hydrogens is 270 g/mol. The van der Waals surface area contributed by atoms with Crippen molar-refractivity contribution in [1.82, 2.24) is 4.90 Å². The van der Waals surface area contributed by atoms with Gasteiger partial charge in [0.15, 0.2) is 6.61 Å². The van der Waals surface area contributed by atoms with E-state index in [0.29, 0.717) is 18.6 Å². The molecule has 2 heterocycles. The average Bonchev–Trinajstić information content (AvgIpc) is 2.77. The number of rotatable bonds is 4. The van der Waals surface area contributed by atoms with Crippen LogP contribution >= 0.6 is 0 Å². The molecule has 0 spiro atoms. The molecule has 5 heteroatoms. The summed E-state index contributed by atoms with van der Waals surface area (Å²) in [6.45, 7) is 0.0510. The van der Waals surface area contributed by atoms with Gasteiger partial charge in [0.05, 0.1) is 13.2 Å². The number of carbonyl (C=O) groups is 1. The van der Waals surface area contributed by atoms with Crippen LogP contribution in [0.5, 0.6) is 11.5 Å². The Balaban J connectivity index is 1.57. The van der Waals surface area contributed by atoms with E-state index < -0.39 is 0 Å². The van der Waals surface area contributed by atoms with Crippen molar-refractivity contribution in [3.8, 4) is 11.5 Å². The fourth-order valence-corrected chi connectivity index (χ4v) is 3.45. The number of aliphatic hydroxyl groups is 1. The maximum atomic E-state index is 12.4. The van der Waals surface area contributed by atoms with Gasteiger partial charge in [0.1, 0.15) is 11.5 Å². The summed E-state index contributed by atoms with van der Waals surface area (Å²) in [5, 5.41) is 9.77. The van der Waals surface area contributed by atoms with Crippen LogP contribution in [0.2, 0.25) is 0 Å². The second-order valence-corrected chi connectivity index (χ2v) is 5.78. The van der Waals surface area contributed by atoms with Crippen molar-refractivity contribution in [2.75, 3.05) is 13.7 Å². The molecule has 1 aromatic rings. The highest BCUT2D eigenvalue weighted by molar-refractivity contribution is 5.79. The van der Waals surface area contributed by atoms with Crippen molar-refractivity contribution in [3.63, 3.8) is 0 Å². The number of amides is 1. The highest BCUT2D eigenvalue weighted by atomic mass is 16.5. The maximum absolute atomic E-state index is 12.4. The number of ether oxygens (including phenoxy) is 2. The molecule has 2 bridgehead atoms. The zero-order valence-corrected chi connectivity index (χ0v) is 12.2. The topological polar surface area (TPSA) is 59.0 Å². The van der Waals surface area contributed by atoms with E-state index in [9.17, 15) is 9.90 Å². The first-order valence-corrected chi connectivity index (χ1v) is 7.43. The summed E-state index contributed by atoms with van der Waals surface area (Å²) in [6, 6.07) is 7.57. The van der Waals surface area contributed by atoms with Gasteiger partial charge < -0.3 is 19.5 Å². The van der Waals surface area contributed by atoms with Crippen LogP contribution in [-0.2, 0) is 4.79 Å². The molecule has 2 atom stereocenters. The van der Waals surface area contributed by atoms with Gasteiger partial charge in [-0.3, -0.25) is 4.79 Å². The van der Waals surface area contributed by atoms with E-state index in [-0.39, 0.29) is 30.7 Å². The summed E-state index contributed by atoms with van der Waals surface area (Å²) in [4.78, 5) is 14.3. The Morgan fingerprint density at radius 3 is 2.33 bits per heavy atom. The van der Waals surface area contributed by atoms with E-state index in [4.69, 9.17) is 9.47 Å². The van der Waals surface area contributed by atoms with Crippen LogP contribution in [0.15, 0.2) is 24.3 Å². The Kier molecular flexibility index (Phi) is 4.01. The summed E-state index contributed by atoms with van der Waals surface area (Å²) in [5.41, 5.74) is 0. The lowest BCUT2D eigenvalue weighted by Gasteiger charge is -2.37. The fraction of sp³-hybridized carbons (Fsp3) is 0.562. The molecule has 2 unspecified atom stereocenters. The third-order valence-corrected chi connectivity index (χ3v) is 4.42. The van der Waals surface area contributed by atoms with Crippen molar-refractivity contribution in [1.29, 1.82) is 0 Å². The largest absolute Gasteiger partial charge is 0.497 e. The number of benzene rings is 1. The number of carbonyl (C=O) groups excluding carboxylic acids is 1. The second kappa shape index (κ2) is 5.93. The van der Waals surface area contributed by atoms with Gasteiger partial charge in [-0.05, 0) is 49.9 Å². The highest BCUT2D eigenvalue weighted by Crippen LogP contribution is 2.35. The van der Waals surface area contributed by atoms with Crippen LogP contribution in [0, 0.1) is 0 Å². The van der Waals surface area contributed by atoms with Crippen LogP contribution in [0.3, 0.4) is 0 Å². The van der Waals surface area contributed by atoms with Crippen molar-refractivity contribution in [2.24, 2.45) is 0 Å². The molecule has 1 N–H and O–H groups in total. The predicted octanol–water partition coefficient (Wildman–Crippen LogP) is 1.59. The van der Waals surface area contributed by atoms with E-state index in [0.717, 1.165) is 18.6 Å². The monoisotopic (exact) mass is 291 g/mol. The van der Waals surface area contributed by atoms with Crippen LogP contribution in [0.25, 0.3) is 0 Å². The molecule has 0 radical (unpaired) electrons. The predicted molar refractivity (Wildman–Crippen MR) is 77.4 cm³/mol. The molecule has 0 aliphatic carbocycles. The van der Waals surface area contributed by atoms with Gasteiger partial charge in [0, 0.05) is 12.1 Å². The Hall–Kier alpha value is -1.75. The van der Waals surface area contributed by atoms with Gasteiger partial charge in [-0.1, -0.05) is 0 Å². The zero-order valence-electron chi connectivity index (χ0n) is 12.2. The summed E-state index contributed by atoms with van der Waals surface area (Å²) in [7, 11) is 1.61. The number of piperidine rings is 1. The lowest BCUT2D eigenvalue weighted by molar-refractivity contribution is -0.139. The normalized spacial score (nSPS) is 27.5. The van der Waals surface area contributed by atoms with Gasteiger partial charge in [0.25, 0.3) is 5.91 Å². The Morgan fingerprint density at radius 2 is 1.76 bits per heavy atom. The first-order chi connectivity index (χ1) is 10.2. The molecule has 21 heavy (non-hydrogen) atoms. The third-order valence-electron chi connectivity index (χ3n) is 4.42. The average molecular weight is 291 g/mol. The van der Waals surface area contributed by atoms with E-state index >= 15 is 0 Å². The van der Waals surface area contributed by atoms with Gasteiger partial charge in [-0.15, -0.1) is 0 Å². The van der Waals surface area contributed by atoms with Crippen molar-refractivity contribution < 1.29 is 19.4 Å². The van der Waals surface area contributed by atoms with Gasteiger partial charge in [-0.2, -0.15) is 0 Å². The fourth-order valence-electron chi connectivity index (χ4n) is 3.45. The van der Waals surface area contributed by atoms with Crippen LogP contribution in [0.1, 0.15) is 25.7 Å². The van der Waals surface area contributed by atoms with Crippen molar-refractivity contribution in [3.05, 3.63) is 24.3 Å². The van der Waals surface area contributed by atoms with E-state index in [1.54, 1.807) is 31.4 Å². The van der Waals surface area contributed by atoms with E-state index in [2.05, 4.69) is 0 Å². The van der Waals surface area contributed by atoms with Crippen LogP contribution < -0.4 is 9.47 Å². The number of hydrogen-bond acceptors (Lipinski definition) is 4. The molecule has 2 aliphatic rings. The van der Waals surface area contributed by atoms with Gasteiger partial charge in [0.2, 0.25) is 0 Å². The van der Waals surface area contributed by atoms with Crippen molar-refractivity contribution >= 4 is 5.91 Å². The lowest BCUT2D eigenvalue weighted by atomic mass is 10.00. The molecule has 2 saturated heterocycles. The number of methoxy groups -OCH3 is 1. The number of hydrogen-bond donors (Lipinski definition) is 1. The summed E-state index contributed by atoms with van der Waals surface area (Å²) in [6.07, 6.45) is 3.13. The molecule has 1 aromatic carbocycles. The highest BCUT2D eigenvalue weighted by Gasteiger charge is 2.42. The molecular formula is C16H21NO4. The van der Waals surface area contributed by atoms with Crippen LogP contribution in [-0.4, -0.2) is 47.8 Å². The molecule has 5 nitrogen and oxygen atoms in total. The zero-order chi connectivity index (χ0) is 14.8. The van der Waals surface area contributed by atoms with Crippen LogP contribution in [0.4, 0.5) is 0 Å². The third kappa shape index (κ3) is 2.97. The molecule has 0 aromatic heterocycles. The quantitative estimate of drug-likeness (QED) is 0.915. The minimum atomic E-state index is -0.256. The van der Waals surface area contributed by atoms with Gasteiger partial charge >= 0.3 is 0 Å². The maximum Gasteiger partial charge on any atom is 0.261 e. The Labute approximate surface area is 124 Å². The molecule has 3 rings (SSSR count). The lowest BCUT2D eigenvalue weighted by Crippen LogP contribution is -2.49. The minimum absolute atomic E-state index is 0.0187. The standard InChI is InChI=1S/C16H21NO4/c1-20-14-4-6-15(7-5-14)21-10-16(19)17-11-2-3-12(17)9-13(18)8-11/h4-7,11-13,18H,2-3,8-10H2,1H3. The molecule has 0 saturated carbocycles. The van der Waals surface area contributed by atoms with E-state index in [1.807, 2.05) is 4.90 Å². The first kappa shape index (κ1) is 14.2. The molecule has 1 amide bonds.